The molecular formula is C15H18ClNO2S. The van der Waals surface area contributed by atoms with E-state index in [4.69, 9.17) is 10.7 Å². The summed E-state index contributed by atoms with van der Waals surface area (Å²) in [6.45, 7) is 0.882. The lowest BCUT2D eigenvalue weighted by Crippen LogP contribution is -2.13. The third-order valence-electron chi connectivity index (χ3n) is 4.19. The molecule has 2 aromatic rings. The third-order valence-corrected chi connectivity index (χ3v) is 5.54. The van der Waals surface area contributed by atoms with Crippen LogP contribution in [-0.4, -0.2) is 13.0 Å². The summed E-state index contributed by atoms with van der Waals surface area (Å²) in [5, 5.41) is 0.721. The van der Waals surface area contributed by atoms with Gasteiger partial charge in [-0.2, -0.15) is 0 Å². The largest absolute Gasteiger partial charge is 0.346 e. The highest BCUT2D eigenvalue weighted by atomic mass is 35.7. The Morgan fingerprint density at radius 3 is 2.55 bits per heavy atom. The number of nitrogens with zero attached hydrogens (tertiary/aromatic N) is 1. The van der Waals surface area contributed by atoms with Gasteiger partial charge in [0.25, 0.3) is 9.05 Å². The van der Waals surface area contributed by atoms with E-state index in [9.17, 15) is 8.42 Å². The number of halogens is 1. The molecule has 0 amide bonds. The molecular weight excluding hydrogens is 294 g/mol. The Labute approximate surface area is 124 Å². The highest BCUT2D eigenvalue weighted by molar-refractivity contribution is 8.14. The maximum Gasteiger partial charge on any atom is 0.263 e. The molecule has 1 aliphatic rings. The van der Waals surface area contributed by atoms with Crippen molar-refractivity contribution in [3.8, 4) is 0 Å². The summed E-state index contributed by atoms with van der Waals surface area (Å²) >= 11 is 0. The van der Waals surface area contributed by atoms with Gasteiger partial charge in [0.05, 0.1) is 0 Å². The highest BCUT2D eigenvalue weighted by Crippen LogP contribution is 2.31. The molecule has 20 heavy (non-hydrogen) atoms. The number of hydrogen-bond donors (Lipinski definition) is 0. The van der Waals surface area contributed by atoms with Crippen LogP contribution in [0.15, 0.2) is 35.4 Å². The second kappa shape index (κ2) is 5.41. The van der Waals surface area contributed by atoms with Gasteiger partial charge in [-0.25, -0.2) is 8.42 Å². The van der Waals surface area contributed by atoms with E-state index in [1.165, 1.54) is 32.1 Å². The van der Waals surface area contributed by atoms with E-state index in [-0.39, 0.29) is 4.90 Å². The predicted octanol–water partition coefficient (Wildman–Crippen LogP) is 4.15. The zero-order chi connectivity index (χ0) is 14.2. The minimum absolute atomic E-state index is 0.227. The van der Waals surface area contributed by atoms with Crippen LogP contribution in [0.1, 0.15) is 32.1 Å². The quantitative estimate of drug-likeness (QED) is 0.799. The lowest BCUT2D eigenvalue weighted by molar-refractivity contribution is 0.322. The Morgan fingerprint density at radius 1 is 1.15 bits per heavy atom. The van der Waals surface area contributed by atoms with Crippen LogP contribution in [0.3, 0.4) is 0 Å². The Bertz CT molecular complexity index is 715. The van der Waals surface area contributed by atoms with E-state index in [2.05, 4.69) is 4.57 Å². The average Bonchev–Trinajstić information content (AvgIpc) is 2.79. The van der Waals surface area contributed by atoms with Gasteiger partial charge in [-0.3, -0.25) is 0 Å². The van der Waals surface area contributed by atoms with Crippen molar-refractivity contribution in [2.24, 2.45) is 5.92 Å². The number of fused-ring (bicyclic) bond motifs is 1. The number of aromatic nitrogens is 1. The molecule has 5 heteroatoms. The van der Waals surface area contributed by atoms with Gasteiger partial charge in [0.2, 0.25) is 0 Å². The summed E-state index contributed by atoms with van der Waals surface area (Å²) in [5.41, 5.74) is 0.956. The van der Waals surface area contributed by atoms with E-state index < -0.39 is 9.05 Å². The molecule has 0 spiro atoms. The number of rotatable bonds is 3. The van der Waals surface area contributed by atoms with Gasteiger partial charge in [-0.15, -0.1) is 0 Å². The van der Waals surface area contributed by atoms with E-state index in [1.54, 1.807) is 6.20 Å². The number of hydrogen-bond acceptors (Lipinski definition) is 2. The fraction of sp³-hybridized carbons (Fsp3) is 0.467. The average molecular weight is 312 g/mol. The fourth-order valence-electron chi connectivity index (χ4n) is 3.21. The van der Waals surface area contributed by atoms with Crippen molar-refractivity contribution in [2.45, 2.75) is 43.5 Å². The van der Waals surface area contributed by atoms with Crippen molar-refractivity contribution in [1.82, 2.24) is 4.57 Å². The first-order valence-corrected chi connectivity index (χ1v) is 9.39. The van der Waals surface area contributed by atoms with Crippen molar-refractivity contribution in [3.05, 3.63) is 30.5 Å². The van der Waals surface area contributed by atoms with Crippen molar-refractivity contribution >= 4 is 30.6 Å². The molecule has 0 unspecified atom stereocenters. The van der Waals surface area contributed by atoms with Crippen molar-refractivity contribution in [1.29, 1.82) is 0 Å². The summed E-state index contributed by atoms with van der Waals surface area (Å²) in [5.74, 6) is 0.644. The van der Waals surface area contributed by atoms with Gasteiger partial charge in [-0.1, -0.05) is 37.5 Å². The van der Waals surface area contributed by atoms with Crippen LogP contribution in [0, 0.1) is 5.92 Å². The zero-order valence-electron chi connectivity index (χ0n) is 11.3. The molecule has 0 radical (unpaired) electrons. The Hall–Kier alpha value is -1.00. The first-order valence-electron chi connectivity index (χ1n) is 7.08. The van der Waals surface area contributed by atoms with Crippen LogP contribution < -0.4 is 0 Å². The minimum atomic E-state index is -3.70. The maximum absolute atomic E-state index is 11.7. The summed E-state index contributed by atoms with van der Waals surface area (Å²) in [4.78, 5) is 0.227. The smallest absolute Gasteiger partial charge is 0.263 e. The molecule has 1 aromatic carbocycles. The summed E-state index contributed by atoms with van der Waals surface area (Å²) in [6, 6.07) is 7.56. The third kappa shape index (κ3) is 2.72. The van der Waals surface area contributed by atoms with Gasteiger partial charge in [0.1, 0.15) is 4.90 Å². The van der Waals surface area contributed by atoms with Crippen LogP contribution in [-0.2, 0) is 15.6 Å². The van der Waals surface area contributed by atoms with Gasteiger partial charge in [0.15, 0.2) is 0 Å². The van der Waals surface area contributed by atoms with Crippen LogP contribution in [0.25, 0.3) is 10.9 Å². The Balaban J connectivity index is 2.02. The van der Waals surface area contributed by atoms with E-state index in [0.29, 0.717) is 5.92 Å². The Kier molecular flexibility index (Phi) is 3.78. The van der Waals surface area contributed by atoms with E-state index >= 15 is 0 Å². The maximum atomic E-state index is 11.7. The van der Waals surface area contributed by atoms with Gasteiger partial charge < -0.3 is 4.57 Å². The molecule has 0 atom stereocenters. The van der Waals surface area contributed by atoms with Gasteiger partial charge in [-0.05, 0) is 24.8 Å². The first-order chi connectivity index (χ1) is 9.55. The summed E-state index contributed by atoms with van der Waals surface area (Å²) in [6.07, 6.45) is 8.05. The first kappa shape index (κ1) is 14.0. The standard InChI is InChI=1S/C15H18ClNO2S/c16-20(18,19)15-11-17(10-12-6-2-1-3-7-12)14-9-5-4-8-13(14)15/h4-5,8-9,11-12H,1-3,6-7,10H2. The van der Waals surface area contributed by atoms with E-state index in [0.717, 1.165) is 17.4 Å². The normalized spacial score (nSPS) is 17.6. The lowest BCUT2D eigenvalue weighted by atomic mass is 9.89. The predicted molar refractivity (Wildman–Crippen MR) is 81.6 cm³/mol. The van der Waals surface area contributed by atoms with Crippen molar-refractivity contribution in [3.63, 3.8) is 0 Å². The monoisotopic (exact) mass is 311 g/mol. The van der Waals surface area contributed by atoms with Gasteiger partial charge in [0, 0.05) is 34.3 Å². The van der Waals surface area contributed by atoms with Gasteiger partial charge >= 0.3 is 0 Å². The zero-order valence-corrected chi connectivity index (χ0v) is 12.8. The molecule has 108 valence electrons. The molecule has 3 rings (SSSR count). The SMILES string of the molecule is O=S(=O)(Cl)c1cn(CC2CCCCC2)c2ccccc12. The molecule has 3 nitrogen and oxygen atoms in total. The minimum Gasteiger partial charge on any atom is -0.346 e. The summed E-state index contributed by atoms with van der Waals surface area (Å²) < 4.78 is 25.5. The highest BCUT2D eigenvalue weighted by Gasteiger charge is 2.20. The van der Waals surface area contributed by atoms with Crippen molar-refractivity contribution in [2.75, 3.05) is 0 Å². The molecule has 1 aliphatic carbocycles. The van der Waals surface area contributed by atoms with E-state index in [1.807, 2.05) is 24.3 Å². The summed E-state index contributed by atoms with van der Waals surface area (Å²) in [7, 11) is 1.85. The molecule has 0 bridgehead atoms. The fourth-order valence-corrected chi connectivity index (χ4v) is 4.26. The molecule has 1 heterocycles. The molecule has 0 N–H and O–H groups in total. The van der Waals surface area contributed by atoms with Crippen molar-refractivity contribution < 1.29 is 8.42 Å². The second-order valence-electron chi connectivity index (χ2n) is 5.60. The van der Waals surface area contributed by atoms with Crippen LogP contribution in [0.4, 0.5) is 0 Å². The molecule has 1 fully saturated rings. The second-order valence-corrected chi connectivity index (χ2v) is 8.14. The lowest BCUT2D eigenvalue weighted by Gasteiger charge is -2.22. The number of benzene rings is 1. The van der Waals surface area contributed by atoms with Crippen LogP contribution in [0.5, 0.6) is 0 Å². The van der Waals surface area contributed by atoms with Crippen LogP contribution in [0.2, 0.25) is 0 Å². The molecule has 0 aliphatic heterocycles. The Morgan fingerprint density at radius 2 is 1.85 bits per heavy atom. The molecule has 0 saturated heterocycles. The van der Waals surface area contributed by atoms with Crippen LogP contribution >= 0.6 is 10.7 Å². The topological polar surface area (TPSA) is 39.1 Å². The molecule has 1 saturated carbocycles. The molecule has 1 aromatic heterocycles. The number of para-hydroxylation sites is 1.